The molecule has 0 aliphatic rings. The van der Waals surface area contributed by atoms with Gasteiger partial charge in [-0.2, -0.15) is 0 Å². The fourth-order valence-corrected chi connectivity index (χ4v) is 2.02. The monoisotopic (exact) mass is 313 g/mol. The van der Waals surface area contributed by atoms with Gasteiger partial charge >= 0.3 is 5.97 Å². The summed E-state index contributed by atoms with van der Waals surface area (Å²) in [4.78, 5) is 27.9. The van der Waals surface area contributed by atoms with Gasteiger partial charge in [0.05, 0.1) is 23.9 Å². The van der Waals surface area contributed by atoms with E-state index in [2.05, 4.69) is 20.4 Å². The number of methoxy groups -OCH3 is 1. The van der Waals surface area contributed by atoms with Crippen molar-refractivity contribution in [2.45, 2.75) is 19.9 Å². The van der Waals surface area contributed by atoms with Crippen molar-refractivity contribution in [3.05, 3.63) is 53.9 Å². The number of nitrogens with zero attached hydrogens (tertiary/aromatic N) is 1. The number of carbonyl (C=O) groups excluding carboxylic acids is 2. The number of hydrogen-bond acceptors (Lipinski definition) is 5. The van der Waals surface area contributed by atoms with Gasteiger partial charge in [0, 0.05) is 24.1 Å². The number of ether oxygens (including phenoxy) is 1. The molecule has 0 saturated heterocycles. The Morgan fingerprint density at radius 2 is 1.83 bits per heavy atom. The van der Waals surface area contributed by atoms with Crippen LogP contribution in [-0.4, -0.2) is 30.0 Å². The maximum Gasteiger partial charge on any atom is 0.337 e. The Hall–Kier alpha value is -2.89. The molecule has 0 unspecified atom stereocenters. The van der Waals surface area contributed by atoms with Crippen LogP contribution in [0.5, 0.6) is 0 Å². The molecule has 23 heavy (non-hydrogen) atoms. The molecule has 6 nitrogen and oxygen atoms in total. The second-order valence-corrected chi connectivity index (χ2v) is 5.29. The van der Waals surface area contributed by atoms with Gasteiger partial charge in [-0.15, -0.1) is 0 Å². The summed E-state index contributed by atoms with van der Waals surface area (Å²) in [5, 5.41) is 5.94. The fourth-order valence-electron chi connectivity index (χ4n) is 2.02. The first-order chi connectivity index (χ1) is 11.0. The molecule has 0 fully saturated rings. The molecule has 2 aromatic rings. The van der Waals surface area contributed by atoms with Crippen molar-refractivity contribution < 1.29 is 14.3 Å². The van der Waals surface area contributed by atoms with Crippen molar-refractivity contribution in [3.8, 4) is 0 Å². The first-order valence-corrected chi connectivity index (χ1v) is 7.21. The van der Waals surface area contributed by atoms with E-state index in [9.17, 15) is 9.59 Å². The first-order valence-electron chi connectivity index (χ1n) is 7.21. The van der Waals surface area contributed by atoms with Crippen LogP contribution in [-0.2, 0) is 4.74 Å². The highest BCUT2D eigenvalue weighted by Gasteiger charge is 2.10. The van der Waals surface area contributed by atoms with E-state index >= 15 is 0 Å². The third kappa shape index (κ3) is 4.54. The summed E-state index contributed by atoms with van der Waals surface area (Å²) < 4.78 is 4.66. The molecule has 1 amide bonds. The van der Waals surface area contributed by atoms with E-state index in [0.717, 1.165) is 5.69 Å². The van der Waals surface area contributed by atoms with E-state index in [0.29, 0.717) is 16.8 Å². The van der Waals surface area contributed by atoms with Crippen LogP contribution in [0.25, 0.3) is 0 Å². The average molecular weight is 313 g/mol. The number of anilines is 2. The quantitative estimate of drug-likeness (QED) is 0.830. The van der Waals surface area contributed by atoms with E-state index in [1.165, 1.54) is 13.3 Å². The van der Waals surface area contributed by atoms with Crippen molar-refractivity contribution in [1.29, 1.82) is 0 Å². The number of carbonyl (C=O) groups is 2. The largest absolute Gasteiger partial charge is 0.465 e. The highest BCUT2D eigenvalue weighted by atomic mass is 16.5. The number of benzene rings is 1. The molecule has 0 radical (unpaired) electrons. The van der Waals surface area contributed by atoms with E-state index < -0.39 is 5.97 Å². The summed E-state index contributed by atoms with van der Waals surface area (Å²) in [7, 11) is 1.31. The maximum atomic E-state index is 12.3. The Labute approximate surface area is 134 Å². The Bertz CT molecular complexity index is 714. The second kappa shape index (κ2) is 7.40. The topological polar surface area (TPSA) is 80.3 Å². The summed E-state index contributed by atoms with van der Waals surface area (Å²) in [6.07, 6.45) is 3.15. The van der Waals surface area contributed by atoms with Gasteiger partial charge in [-0.05, 0) is 38.1 Å². The normalized spacial score (nSPS) is 10.3. The maximum absolute atomic E-state index is 12.3. The van der Waals surface area contributed by atoms with Gasteiger partial charge in [0.15, 0.2) is 0 Å². The average Bonchev–Trinajstić information content (AvgIpc) is 2.54. The molecular weight excluding hydrogens is 294 g/mol. The number of rotatable bonds is 5. The van der Waals surface area contributed by atoms with Crippen molar-refractivity contribution in [3.63, 3.8) is 0 Å². The SMILES string of the molecule is COC(=O)c1cccc(NC(=O)c2cncc(NC(C)C)c2)c1. The van der Waals surface area contributed by atoms with Gasteiger partial charge in [-0.1, -0.05) is 6.07 Å². The molecule has 1 heterocycles. The van der Waals surface area contributed by atoms with Gasteiger partial charge in [0.1, 0.15) is 0 Å². The van der Waals surface area contributed by atoms with Gasteiger partial charge in [-0.25, -0.2) is 4.79 Å². The molecule has 0 aliphatic heterocycles. The van der Waals surface area contributed by atoms with Crippen LogP contribution in [0.3, 0.4) is 0 Å². The zero-order valence-corrected chi connectivity index (χ0v) is 13.3. The van der Waals surface area contributed by atoms with Crippen LogP contribution < -0.4 is 10.6 Å². The van der Waals surface area contributed by atoms with Gasteiger partial charge in [-0.3, -0.25) is 9.78 Å². The number of nitrogens with one attached hydrogen (secondary N) is 2. The first kappa shape index (κ1) is 16.5. The summed E-state index contributed by atoms with van der Waals surface area (Å²) >= 11 is 0. The summed E-state index contributed by atoms with van der Waals surface area (Å²) in [5.74, 6) is -0.752. The molecular formula is C17H19N3O3. The van der Waals surface area contributed by atoms with E-state index in [1.54, 1.807) is 36.5 Å². The Morgan fingerprint density at radius 3 is 2.52 bits per heavy atom. The van der Waals surface area contributed by atoms with Crippen molar-refractivity contribution in [1.82, 2.24) is 4.98 Å². The molecule has 0 aliphatic carbocycles. The lowest BCUT2D eigenvalue weighted by Crippen LogP contribution is -2.15. The lowest BCUT2D eigenvalue weighted by molar-refractivity contribution is 0.0600. The highest BCUT2D eigenvalue weighted by Crippen LogP contribution is 2.15. The highest BCUT2D eigenvalue weighted by molar-refractivity contribution is 6.05. The fraction of sp³-hybridized carbons (Fsp3) is 0.235. The van der Waals surface area contributed by atoms with Crippen molar-refractivity contribution in [2.75, 3.05) is 17.7 Å². The van der Waals surface area contributed by atoms with Crippen LogP contribution in [0.15, 0.2) is 42.7 Å². The Balaban J connectivity index is 2.14. The molecule has 2 rings (SSSR count). The summed E-state index contributed by atoms with van der Waals surface area (Å²) in [5.41, 5.74) is 2.09. The van der Waals surface area contributed by atoms with Crippen LogP contribution in [0, 0.1) is 0 Å². The van der Waals surface area contributed by atoms with Crippen LogP contribution in [0.2, 0.25) is 0 Å². The lowest BCUT2D eigenvalue weighted by Gasteiger charge is -2.11. The van der Waals surface area contributed by atoms with Gasteiger partial charge in [0.25, 0.3) is 5.91 Å². The van der Waals surface area contributed by atoms with Crippen molar-refractivity contribution in [2.24, 2.45) is 0 Å². The van der Waals surface area contributed by atoms with E-state index in [4.69, 9.17) is 0 Å². The molecule has 0 atom stereocenters. The number of aromatic nitrogens is 1. The van der Waals surface area contributed by atoms with Gasteiger partial charge < -0.3 is 15.4 Å². The smallest absolute Gasteiger partial charge is 0.337 e. The van der Waals surface area contributed by atoms with Crippen LogP contribution in [0.4, 0.5) is 11.4 Å². The summed E-state index contributed by atoms with van der Waals surface area (Å²) in [6.45, 7) is 4.01. The Kier molecular flexibility index (Phi) is 5.30. The predicted octanol–water partition coefficient (Wildman–Crippen LogP) is 2.94. The minimum absolute atomic E-state index is 0.242. The second-order valence-electron chi connectivity index (χ2n) is 5.29. The molecule has 2 N–H and O–H groups in total. The molecule has 0 saturated carbocycles. The van der Waals surface area contributed by atoms with E-state index in [-0.39, 0.29) is 11.9 Å². The molecule has 1 aromatic carbocycles. The number of pyridine rings is 1. The molecule has 120 valence electrons. The van der Waals surface area contributed by atoms with Gasteiger partial charge in [0.2, 0.25) is 0 Å². The Morgan fingerprint density at radius 1 is 1.09 bits per heavy atom. The zero-order chi connectivity index (χ0) is 16.8. The molecule has 6 heteroatoms. The summed E-state index contributed by atoms with van der Waals surface area (Å²) in [6, 6.07) is 8.54. The minimum atomic E-state index is -0.453. The lowest BCUT2D eigenvalue weighted by atomic mass is 10.2. The van der Waals surface area contributed by atoms with Crippen LogP contribution >= 0.6 is 0 Å². The standard InChI is InChI=1S/C17H19N3O3/c1-11(2)19-15-8-13(9-18-10-15)16(21)20-14-6-4-5-12(7-14)17(22)23-3/h4-11,19H,1-3H3,(H,20,21). The number of amides is 1. The van der Waals surface area contributed by atoms with Crippen LogP contribution in [0.1, 0.15) is 34.6 Å². The third-order valence-corrected chi connectivity index (χ3v) is 3.00. The molecule has 0 bridgehead atoms. The predicted molar refractivity (Wildman–Crippen MR) is 88.7 cm³/mol. The number of esters is 1. The third-order valence-electron chi connectivity index (χ3n) is 3.00. The molecule has 0 spiro atoms. The number of hydrogen-bond donors (Lipinski definition) is 2. The minimum Gasteiger partial charge on any atom is -0.465 e. The zero-order valence-electron chi connectivity index (χ0n) is 13.3. The molecule has 1 aromatic heterocycles. The van der Waals surface area contributed by atoms with Crippen molar-refractivity contribution >= 4 is 23.3 Å². The van der Waals surface area contributed by atoms with E-state index in [1.807, 2.05) is 13.8 Å².